The fourth-order valence-corrected chi connectivity index (χ4v) is 3.81. The van der Waals surface area contributed by atoms with Crippen LogP contribution in [0.2, 0.25) is 0 Å². The minimum absolute atomic E-state index is 0.119. The molecule has 0 bridgehead atoms. The van der Waals surface area contributed by atoms with Crippen molar-refractivity contribution in [2.45, 2.75) is 24.8 Å². The topological polar surface area (TPSA) is 86.7 Å². The summed E-state index contributed by atoms with van der Waals surface area (Å²) in [6.45, 7) is 0. The molecular weight excluding hydrogens is 440 g/mol. The largest absolute Gasteiger partial charge is 0.478 e. The van der Waals surface area contributed by atoms with Crippen molar-refractivity contribution in [2.75, 3.05) is 19.0 Å². The molecule has 1 aliphatic carbocycles. The molecule has 0 aliphatic heterocycles. The average Bonchev–Trinajstić information content (AvgIpc) is 2.84. The van der Waals surface area contributed by atoms with Crippen molar-refractivity contribution in [3.8, 4) is 0 Å². The lowest BCUT2D eigenvalue weighted by Gasteiger charge is -2.23. The van der Waals surface area contributed by atoms with Crippen molar-refractivity contribution in [3.63, 3.8) is 0 Å². The van der Waals surface area contributed by atoms with Crippen LogP contribution in [0.1, 0.15) is 23.5 Å². The molecule has 35 heavy (non-hydrogen) atoms. The van der Waals surface area contributed by atoms with E-state index in [4.69, 9.17) is 5.11 Å². The van der Waals surface area contributed by atoms with Gasteiger partial charge in [-0.05, 0) is 29.7 Å². The minimum Gasteiger partial charge on any atom is -0.478 e. The van der Waals surface area contributed by atoms with Gasteiger partial charge in [-0.25, -0.2) is 4.79 Å². The van der Waals surface area contributed by atoms with E-state index in [-0.39, 0.29) is 11.7 Å². The zero-order chi connectivity index (χ0) is 25.2. The van der Waals surface area contributed by atoms with Gasteiger partial charge in [-0.15, -0.1) is 0 Å². The standard InChI is InChI=1S/C29H30N2O4/c1-31(2)24-18-16-22(17-19-24)25(13-7-4-8-15-27(32)33)29(35)30-26-14-9-12-23(28(26)34)20-21-10-5-3-6-11-21/h3-12,14-19,25-26H,13,20H2,1-2H3,(H,30,35)(H,32,33)/t25-,26?/m1/s1. The number of anilines is 1. The van der Waals surface area contributed by atoms with Crippen LogP contribution in [0.3, 0.4) is 0 Å². The number of ketones is 1. The molecule has 3 rings (SSSR count). The van der Waals surface area contributed by atoms with E-state index in [2.05, 4.69) is 5.32 Å². The highest BCUT2D eigenvalue weighted by Crippen LogP contribution is 2.24. The molecule has 0 spiro atoms. The summed E-state index contributed by atoms with van der Waals surface area (Å²) in [5.41, 5.74) is 3.50. The van der Waals surface area contributed by atoms with Crippen molar-refractivity contribution in [1.29, 1.82) is 0 Å². The Bertz CT molecular complexity index is 1160. The van der Waals surface area contributed by atoms with Crippen LogP contribution >= 0.6 is 0 Å². The van der Waals surface area contributed by atoms with E-state index >= 15 is 0 Å². The Morgan fingerprint density at radius 2 is 1.77 bits per heavy atom. The lowest BCUT2D eigenvalue weighted by atomic mass is 9.91. The Morgan fingerprint density at radius 1 is 1.06 bits per heavy atom. The third-order valence-electron chi connectivity index (χ3n) is 5.72. The molecule has 2 atom stereocenters. The fourth-order valence-electron chi connectivity index (χ4n) is 3.81. The van der Waals surface area contributed by atoms with Crippen LogP contribution in [-0.2, 0) is 20.8 Å². The summed E-state index contributed by atoms with van der Waals surface area (Å²) in [7, 11) is 3.89. The molecule has 0 heterocycles. The number of nitrogens with zero attached hydrogens (tertiary/aromatic N) is 1. The minimum atomic E-state index is -1.04. The maximum absolute atomic E-state index is 13.3. The third kappa shape index (κ3) is 7.40. The van der Waals surface area contributed by atoms with Crippen LogP contribution in [-0.4, -0.2) is 42.9 Å². The summed E-state index contributed by atoms with van der Waals surface area (Å²) in [5, 5.41) is 11.7. The average molecular weight is 471 g/mol. The number of amides is 1. The van der Waals surface area contributed by atoms with Crippen LogP contribution in [0.25, 0.3) is 0 Å². The van der Waals surface area contributed by atoms with Gasteiger partial charge >= 0.3 is 5.97 Å². The summed E-state index contributed by atoms with van der Waals surface area (Å²) in [4.78, 5) is 39.1. The Kier molecular flexibility index (Phi) is 8.95. The first-order chi connectivity index (χ1) is 16.8. The zero-order valence-corrected chi connectivity index (χ0v) is 19.9. The lowest BCUT2D eigenvalue weighted by molar-refractivity contribution is -0.131. The molecule has 2 aromatic carbocycles. The predicted octanol–water partition coefficient (Wildman–Crippen LogP) is 4.22. The number of carbonyl (C=O) groups is 3. The number of rotatable bonds is 10. The van der Waals surface area contributed by atoms with Crippen LogP contribution in [0.5, 0.6) is 0 Å². The van der Waals surface area contributed by atoms with E-state index in [9.17, 15) is 14.4 Å². The van der Waals surface area contributed by atoms with Crippen LogP contribution in [0.4, 0.5) is 5.69 Å². The predicted molar refractivity (Wildman–Crippen MR) is 138 cm³/mol. The van der Waals surface area contributed by atoms with E-state index in [1.807, 2.05) is 79.7 Å². The molecule has 1 amide bonds. The number of carboxylic acid groups (broad SMARTS) is 1. The van der Waals surface area contributed by atoms with Gasteiger partial charge in [-0.1, -0.05) is 78.9 Å². The number of aliphatic carboxylic acids is 1. The smallest absolute Gasteiger partial charge is 0.328 e. The highest BCUT2D eigenvalue weighted by molar-refractivity contribution is 6.04. The maximum Gasteiger partial charge on any atom is 0.328 e. The Balaban J connectivity index is 1.75. The first-order valence-electron chi connectivity index (χ1n) is 11.4. The third-order valence-corrected chi connectivity index (χ3v) is 5.72. The SMILES string of the molecule is CN(C)c1ccc([C@@H](CC=CC=CC(=O)O)C(=O)NC2C=CC=C(Cc3ccccc3)C2=O)cc1. The summed E-state index contributed by atoms with van der Waals surface area (Å²) in [5.74, 6) is -1.96. The molecule has 0 saturated carbocycles. The van der Waals surface area contributed by atoms with Crippen molar-refractivity contribution in [3.05, 3.63) is 114 Å². The molecule has 0 fully saturated rings. The number of nitrogens with one attached hydrogen (secondary N) is 1. The van der Waals surface area contributed by atoms with Gasteiger partial charge < -0.3 is 15.3 Å². The number of allylic oxidation sites excluding steroid dienone is 5. The molecule has 0 saturated heterocycles. The normalized spacial score (nSPS) is 16.3. The van der Waals surface area contributed by atoms with Gasteiger partial charge in [0.25, 0.3) is 0 Å². The highest BCUT2D eigenvalue weighted by Gasteiger charge is 2.27. The molecule has 6 nitrogen and oxygen atoms in total. The van der Waals surface area contributed by atoms with Gasteiger partial charge in [0.05, 0.1) is 5.92 Å². The first kappa shape index (κ1) is 25.4. The van der Waals surface area contributed by atoms with Gasteiger partial charge in [0, 0.05) is 37.9 Å². The summed E-state index contributed by atoms with van der Waals surface area (Å²) >= 11 is 0. The Labute approximate surface area is 206 Å². The number of Topliss-reactive ketones (excluding diaryl/α,β-unsaturated/α-hetero) is 1. The molecule has 1 unspecified atom stereocenters. The van der Waals surface area contributed by atoms with Crippen molar-refractivity contribution in [1.82, 2.24) is 5.32 Å². The fraction of sp³-hybridized carbons (Fsp3) is 0.207. The molecule has 2 N–H and O–H groups in total. The molecule has 0 aromatic heterocycles. The summed E-state index contributed by atoms with van der Waals surface area (Å²) in [6, 6.07) is 16.7. The van der Waals surface area contributed by atoms with Gasteiger partial charge in [0.15, 0.2) is 5.78 Å². The van der Waals surface area contributed by atoms with Gasteiger partial charge in [0.1, 0.15) is 6.04 Å². The number of benzene rings is 2. The number of carbonyl (C=O) groups excluding carboxylic acids is 2. The van der Waals surface area contributed by atoms with E-state index in [1.165, 1.54) is 6.08 Å². The number of carboxylic acids is 1. The Morgan fingerprint density at radius 3 is 2.43 bits per heavy atom. The molecular formula is C29H30N2O4. The second kappa shape index (κ2) is 12.3. The van der Waals surface area contributed by atoms with E-state index in [0.29, 0.717) is 18.4 Å². The van der Waals surface area contributed by atoms with Crippen molar-refractivity contribution >= 4 is 23.3 Å². The van der Waals surface area contributed by atoms with Crippen LogP contribution in [0.15, 0.2) is 103 Å². The highest BCUT2D eigenvalue weighted by atomic mass is 16.4. The molecule has 2 aromatic rings. The van der Waals surface area contributed by atoms with E-state index in [1.54, 1.807) is 24.3 Å². The van der Waals surface area contributed by atoms with Crippen molar-refractivity contribution < 1.29 is 19.5 Å². The molecule has 180 valence electrons. The van der Waals surface area contributed by atoms with E-state index < -0.39 is 17.9 Å². The quantitative estimate of drug-likeness (QED) is 0.401. The summed E-state index contributed by atoms with van der Waals surface area (Å²) < 4.78 is 0. The molecule has 0 radical (unpaired) electrons. The second-order valence-corrected chi connectivity index (χ2v) is 8.49. The van der Waals surface area contributed by atoms with Gasteiger partial charge in [-0.3, -0.25) is 9.59 Å². The number of hydrogen-bond donors (Lipinski definition) is 2. The maximum atomic E-state index is 13.3. The van der Waals surface area contributed by atoms with E-state index in [0.717, 1.165) is 22.9 Å². The molecule has 1 aliphatic rings. The van der Waals surface area contributed by atoms with Crippen LogP contribution < -0.4 is 10.2 Å². The second-order valence-electron chi connectivity index (χ2n) is 8.49. The zero-order valence-electron chi connectivity index (χ0n) is 19.9. The lowest BCUT2D eigenvalue weighted by Crippen LogP contribution is -2.43. The Hall–Kier alpha value is -4.19. The molecule has 6 heteroatoms. The first-order valence-corrected chi connectivity index (χ1v) is 11.4. The monoisotopic (exact) mass is 470 g/mol. The number of hydrogen-bond acceptors (Lipinski definition) is 4. The summed E-state index contributed by atoms with van der Waals surface area (Å²) in [6.07, 6.45) is 12.0. The van der Waals surface area contributed by atoms with Crippen molar-refractivity contribution in [2.24, 2.45) is 0 Å². The van der Waals surface area contributed by atoms with Gasteiger partial charge in [0.2, 0.25) is 5.91 Å². The van der Waals surface area contributed by atoms with Crippen LogP contribution in [0, 0.1) is 0 Å². The van der Waals surface area contributed by atoms with Gasteiger partial charge in [-0.2, -0.15) is 0 Å².